The van der Waals surface area contributed by atoms with Gasteiger partial charge in [0.25, 0.3) is 0 Å². The first-order valence-electron chi connectivity index (χ1n) is 3.57. The van der Waals surface area contributed by atoms with Crippen LogP contribution in [0.4, 0.5) is 0 Å². The molecular formula is C7H14N2. The zero-order valence-corrected chi connectivity index (χ0v) is 5.91. The number of allylic oxidation sites excluding steroid dienone is 1. The second kappa shape index (κ2) is 3.51. The Morgan fingerprint density at radius 1 is 1.56 bits per heavy atom. The molecule has 0 aromatic heterocycles. The summed E-state index contributed by atoms with van der Waals surface area (Å²) in [5.41, 5.74) is 1.35. The van der Waals surface area contributed by atoms with E-state index in [1.165, 1.54) is 5.70 Å². The highest BCUT2D eigenvalue weighted by Gasteiger charge is 1.99. The maximum absolute atomic E-state index is 3.32. The molecule has 0 amide bonds. The van der Waals surface area contributed by atoms with Crippen molar-refractivity contribution in [1.29, 1.82) is 0 Å². The van der Waals surface area contributed by atoms with Crippen LogP contribution in [0.1, 0.15) is 13.3 Å². The lowest BCUT2D eigenvalue weighted by Gasteiger charge is -2.17. The lowest BCUT2D eigenvalue weighted by atomic mass is 10.3. The summed E-state index contributed by atoms with van der Waals surface area (Å²) in [6, 6.07) is 0. The molecule has 0 aromatic rings. The van der Waals surface area contributed by atoms with E-state index in [-0.39, 0.29) is 0 Å². The topological polar surface area (TPSA) is 24.1 Å². The van der Waals surface area contributed by atoms with Gasteiger partial charge in [0.05, 0.1) is 0 Å². The molecule has 1 heterocycles. The SMILES string of the molecule is CC/C=C1\CNCCN1. The monoisotopic (exact) mass is 126 g/mol. The highest BCUT2D eigenvalue weighted by Crippen LogP contribution is 1.92. The van der Waals surface area contributed by atoms with E-state index in [1.807, 2.05) is 0 Å². The first-order chi connectivity index (χ1) is 4.43. The van der Waals surface area contributed by atoms with Crippen molar-refractivity contribution in [3.63, 3.8) is 0 Å². The van der Waals surface area contributed by atoms with Crippen LogP contribution in [0, 0.1) is 0 Å². The van der Waals surface area contributed by atoms with Gasteiger partial charge in [-0.2, -0.15) is 0 Å². The maximum atomic E-state index is 3.32. The molecule has 0 aliphatic carbocycles. The molecule has 2 heteroatoms. The van der Waals surface area contributed by atoms with Gasteiger partial charge in [-0.3, -0.25) is 0 Å². The molecular weight excluding hydrogens is 112 g/mol. The van der Waals surface area contributed by atoms with Crippen LogP contribution in [-0.2, 0) is 0 Å². The Bertz CT molecular complexity index is 99.5. The van der Waals surface area contributed by atoms with Gasteiger partial charge in [-0.15, -0.1) is 0 Å². The Morgan fingerprint density at radius 2 is 2.44 bits per heavy atom. The zero-order valence-electron chi connectivity index (χ0n) is 5.91. The summed E-state index contributed by atoms with van der Waals surface area (Å²) in [6.45, 7) is 5.35. The summed E-state index contributed by atoms with van der Waals surface area (Å²) in [4.78, 5) is 0. The zero-order chi connectivity index (χ0) is 6.53. The lowest BCUT2D eigenvalue weighted by Crippen LogP contribution is -2.37. The molecule has 1 aliphatic rings. The predicted octanol–water partition coefficient (Wildman–Crippen LogP) is 0.473. The highest BCUT2D eigenvalue weighted by atomic mass is 15.0. The minimum atomic E-state index is 1.02. The second-order valence-corrected chi connectivity index (χ2v) is 2.24. The molecule has 2 nitrogen and oxygen atoms in total. The van der Waals surface area contributed by atoms with E-state index in [4.69, 9.17) is 0 Å². The Hall–Kier alpha value is -0.500. The number of hydrogen-bond acceptors (Lipinski definition) is 2. The number of hydrogen-bond donors (Lipinski definition) is 2. The fraction of sp³-hybridized carbons (Fsp3) is 0.714. The van der Waals surface area contributed by atoms with Crippen molar-refractivity contribution in [2.24, 2.45) is 0 Å². The molecule has 0 aromatic carbocycles. The van der Waals surface area contributed by atoms with E-state index in [9.17, 15) is 0 Å². The van der Waals surface area contributed by atoms with E-state index in [0.29, 0.717) is 0 Å². The predicted molar refractivity (Wildman–Crippen MR) is 39.2 cm³/mol. The third kappa shape index (κ3) is 2.06. The maximum Gasteiger partial charge on any atom is 0.0351 e. The van der Waals surface area contributed by atoms with Crippen molar-refractivity contribution >= 4 is 0 Å². The van der Waals surface area contributed by atoms with Crippen molar-refractivity contribution in [1.82, 2.24) is 10.6 Å². The number of piperazine rings is 1. The van der Waals surface area contributed by atoms with Crippen molar-refractivity contribution in [2.75, 3.05) is 19.6 Å². The van der Waals surface area contributed by atoms with Gasteiger partial charge >= 0.3 is 0 Å². The standard InChI is InChI=1S/C7H14N2/c1-2-3-7-6-8-4-5-9-7/h3,8-9H,2,4-6H2,1H3/b7-3+. The first kappa shape index (κ1) is 6.62. The van der Waals surface area contributed by atoms with Crippen LogP contribution >= 0.6 is 0 Å². The van der Waals surface area contributed by atoms with E-state index < -0.39 is 0 Å². The van der Waals surface area contributed by atoms with Gasteiger partial charge in [-0.05, 0) is 6.42 Å². The fourth-order valence-corrected chi connectivity index (χ4v) is 0.988. The summed E-state index contributed by atoms with van der Waals surface area (Å²) < 4.78 is 0. The smallest absolute Gasteiger partial charge is 0.0351 e. The van der Waals surface area contributed by atoms with Gasteiger partial charge in [0.2, 0.25) is 0 Å². The van der Waals surface area contributed by atoms with Crippen LogP contribution in [0.2, 0.25) is 0 Å². The van der Waals surface area contributed by atoms with Crippen molar-refractivity contribution in [3.05, 3.63) is 11.8 Å². The summed E-state index contributed by atoms with van der Waals surface area (Å²) in [5, 5.41) is 6.61. The summed E-state index contributed by atoms with van der Waals surface area (Å²) in [7, 11) is 0. The van der Waals surface area contributed by atoms with E-state index in [0.717, 1.165) is 26.1 Å². The largest absolute Gasteiger partial charge is 0.386 e. The van der Waals surface area contributed by atoms with Crippen molar-refractivity contribution < 1.29 is 0 Å². The molecule has 1 saturated heterocycles. The van der Waals surface area contributed by atoms with Crippen LogP contribution in [0.5, 0.6) is 0 Å². The van der Waals surface area contributed by atoms with Gasteiger partial charge in [0.1, 0.15) is 0 Å². The van der Waals surface area contributed by atoms with Crippen molar-refractivity contribution in [2.45, 2.75) is 13.3 Å². The van der Waals surface area contributed by atoms with E-state index in [2.05, 4.69) is 23.6 Å². The Balaban J connectivity index is 2.30. The summed E-state index contributed by atoms with van der Waals surface area (Å²) >= 11 is 0. The molecule has 0 bridgehead atoms. The van der Waals surface area contributed by atoms with E-state index >= 15 is 0 Å². The Labute approximate surface area is 56.3 Å². The summed E-state index contributed by atoms with van der Waals surface area (Å²) in [6.07, 6.45) is 3.36. The molecule has 0 unspecified atom stereocenters. The minimum Gasteiger partial charge on any atom is -0.386 e. The van der Waals surface area contributed by atoms with Crippen LogP contribution in [0.15, 0.2) is 11.8 Å². The molecule has 1 fully saturated rings. The molecule has 52 valence electrons. The van der Waals surface area contributed by atoms with Crippen LogP contribution in [-0.4, -0.2) is 19.6 Å². The van der Waals surface area contributed by atoms with Crippen LogP contribution < -0.4 is 10.6 Å². The number of rotatable bonds is 1. The normalized spacial score (nSPS) is 23.9. The fourth-order valence-electron chi connectivity index (χ4n) is 0.988. The third-order valence-electron chi connectivity index (χ3n) is 1.42. The summed E-state index contributed by atoms with van der Waals surface area (Å²) in [5.74, 6) is 0. The first-order valence-corrected chi connectivity index (χ1v) is 3.57. The minimum absolute atomic E-state index is 1.02. The van der Waals surface area contributed by atoms with Crippen LogP contribution in [0.3, 0.4) is 0 Å². The highest BCUT2D eigenvalue weighted by molar-refractivity contribution is 5.03. The van der Waals surface area contributed by atoms with Gasteiger partial charge < -0.3 is 10.6 Å². The molecule has 0 atom stereocenters. The average molecular weight is 126 g/mol. The molecule has 2 N–H and O–H groups in total. The second-order valence-electron chi connectivity index (χ2n) is 2.24. The third-order valence-corrected chi connectivity index (χ3v) is 1.42. The molecule has 0 radical (unpaired) electrons. The average Bonchev–Trinajstić information content (AvgIpc) is 1.91. The molecule has 9 heavy (non-hydrogen) atoms. The van der Waals surface area contributed by atoms with E-state index in [1.54, 1.807) is 0 Å². The van der Waals surface area contributed by atoms with Gasteiger partial charge in [0, 0.05) is 25.3 Å². The van der Waals surface area contributed by atoms with Gasteiger partial charge in [0.15, 0.2) is 0 Å². The molecule has 1 rings (SSSR count). The Morgan fingerprint density at radius 3 is 3.00 bits per heavy atom. The quantitative estimate of drug-likeness (QED) is 0.534. The molecule has 0 saturated carbocycles. The lowest BCUT2D eigenvalue weighted by molar-refractivity contribution is 0.595. The van der Waals surface area contributed by atoms with Crippen LogP contribution in [0.25, 0.3) is 0 Å². The van der Waals surface area contributed by atoms with Crippen molar-refractivity contribution in [3.8, 4) is 0 Å². The number of nitrogens with one attached hydrogen (secondary N) is 2. The molecule has 1 aliphatic heterocycles. The Kier molecular flexibility index (Phi) is 2.58. The van der Waals surface area contributed by atoms with Gasteiger partial charge in [-0.25, -0.2) is 0 Å². The molecule has 0 spiro atoms. The van der Waals surface area contributed by atoms with Gasteiger partial charge in [-0.1, -0.05) is 13.0 Å².